The molecule has 5 heteroatoms. The normalized spacial score (nSPS) is 15.2. The van der Waals surface area contributed by atoms with Gasteiger partial charge >= 0.3 is 0 Å². The van der Waals surface area contributed by atoms with Gasteiger partial charge in [0.15, 0.2) is 5.65 Å². The van der Waals surface area contributed by atoms with Gasteiger partial charge in [-0.15, -0.1) is 0 Å². The van der Waals surface area contributed by atoms with Gasteiger partial charge in [0.05, 0.1) is 16.8 Å². The number of benzene rings is 1. The van der Waals surface area contributed by atoms with Crippen molar-refractivity contribution in [2.75, 3.05) is 0 Å². The highest BCUT2D eigenvalue weighted by molar-refractivity contribution is 5.87. The average Bonchev–Trinajstić information content (AvgIpc) is 2.77. The van der Waals surface area contributed by atoms with Gasteiger partial charge in [-0.25, -0.2) is 4.68 Å². The highest BCUT2D eigenvalue weighted by atomic mass is 16.3. The van der Waals surface area contributed by atoms with Crippen molar-refractivity contribution >= 4 is 11.0 Å². The number of para-hydroxylation sites is 1. The van der Waals surface area contributed by atoms with Crippen molar-refractivity contribution in [1.82, 2.24) is 14.8 Å². The van der Waals surface area contributed by atoms with Gasteiger partial charge in [0.2, 0.25) is 5.88 Å². The van der Waals surface area contributed by atoms with Crippen molar-refractivity contribution in [2.45, 2.75) is 25.2 Å². The quantitative estimate of drug-likeness (QED) is 0.757. The van der Waals surface area contributed by atoms with E-state index in [1.807, 2.05) is 30.3 Å². The Hall–Kier alpha value is -2.56. The number of aromatic hydroxyl groups is 2. The molecule has 3 aromatic rings. The second-order valence-electron chi connectivity index (χ2n) is 5.46. The Labute approximate surface area is 121 Å². The summed E-state index contributed by atoms with van der Waals surface area (Å²) in [6.07, 6.45) is 3.36. The molecule has 0 radical (unpaired) electrons. The maximum Gasteiger partial charge on any atom is 0.216 e. The van der Waals surface area contributed by atoms with Crippen LogP contribution in [0.15, 0.2) is 36.4 Å². The highest BCUT2D eigenvalue weighted by Crippen LogP contribution is 2.42. The highest BCUT2D eigenvalue weighted by Gasteiger charge is 2.28. The van der Waals surface area contributed by atoms with Crippen LogP contribution in [0.2, 0.25) is 0 Å². The third-order valence-corrected chi connectivity index (χ3v) is 4.12. The van der Waals surface area contributed by atoms with E-state index >= 15 is 0 Å². The molecule has 0 saturated heterocycles. The lowest BCUT2D eigenvalue weighted by Crippen LogP contribution is -2.10. The molecule has 106 valence electrons. The van der Waals surface area contributed by atoms with Gasteiger partial charge < -0.3 is 10.2 Å². The smallest absolute Gasteiger partial charge is 0.216 e. The van der Waals surface area contributed by atoms with Crippen molar-refractivity contribution in [3.8, 4) is 17.3 Å². The second-order valence-corrected chi connectivity index (χ2v) is 5.46. The van der Waals surface area contributed by atoms with Crippen molar-refractivity contribution in [2.24, 2.45) is 0 Å². The lowest BCUT2D eigenvalue weighted by molar-refractivity contribution is 0.409. The molecule has 21 heavy (non-hydrogen) atoms. The maximum atomic E-state index is 10.2. The van der Waals surface area contributed by atoms with Crippen LogP contribution < -0.4 is 0 Å². The van der Waals surface area contributed by atoms with Gasteiger partial charge in [-0.05, 0) is 25.0 Å². The van der Waals surface area contributed by atoms with Gasteiger partial charge in [-0.1, -0.05) is 24.6 Å². The summed E-state index contributed by atoms with van der Waals surface area (Å²) < 4.78 is 1.70. The Bertz CT molecular complexity index is 807. The number of aromatic nitrogens is 3. The minimum Gasteiger partial charge on any atom is -0.507 e. The molecular formula is C16H15N3O2. The second kappa shape index (κ2) is 4.48. The first-order valence-electron chi connectivity index (χ1n) is 7.11. The molecule has 4 rings (SSSR count). The molecule has 1 aliphatic carbocycles. The number of hydrogen-bond donors (Lipinski definition) is 2. The average molecular weight is 281 g/mol. The monoisotopic (exact) mass is 281 g/mol. The van der Waals surface area contributed by atoms with Crippen LogP contribution in [0.1, 0.15) is 30.9 Å². The lowest BCUT2D eigenvalue weighted by Gasteiger charge is -2.23. The van der Waals surface area contributed by atoms with Crippen LogP contribution in [0.5, 0.6) is 11.6 Å². The van der Waals surface area contributed by atoms with E-state index in [0.29, 0.717) is 17.0 Å². The minimum atomic E-state index is -0.197. The van der Waals surface area contributed by atoms with Crippen LogP contribution in [0.3, 0.4) is 0 Å². The van der Waals surface area contributed by atoms with E-state index in [4.69, 9.17) is 0 Å². The SMILES string of the molecule is Oc1cc(O)c2c(C3CCC3)nn(-c3ccccc3)c2n1. The van der Waals surface area contributed by atoms with E-state index in [0.717, 1.165) is 24.2 Å². The molecule has 1 fully saturated rings. The van der Waals surface area contributed by atoms with Crippen molar-refractivity contribution < 1.29 is 10.2 Å². The number of pyridine rings is 1. The Morgan fingerprint density at radius 2 is 1.86 bits per heavy atom. The fraction of sp³-hybridized carbons (Fsp3) is 0.250. The van der Waals surface area contributed by atoms with E-state index in [1.165, 1.54) is 12.5 Å². The maximum absolute atomic E-state index is 10.2. The molecule has 2 heterocycles. The Balaban J connectivity index is 2.02. The summed E-state index contributed by atoms with van der Waals surface area (Å²) >= 11 is 0. The summed E-state index contributed by atoms with van der Waals surface area (Å²) in [5.41, 5.74) is 2.25. The summed E-state index contributed by atoms with van der Waals surface area (Å²) in [6.45, 7) is 0. The Morgan fingerprint density at radius 1 is 1.10 bits per heavy atom. The third kappa shape index (κ3) is 1.85. The molecule has 0 bridgehead atoms. The van der Waals surface area contributed by atoms with Gasteiger partial charge in [0.1, 0.15) is 5.75 Å². The van der Waals surface area contributed by atoms with E-state index in [1.54, 1.807) is 4.68 Å². The molecule has 2 aromatic heterocycles. The van der Waals surface area contributed by atoms with E-state index < -0.39 is 0 Å². The van der Waals surface area contributed by atoms with Gasteiger partial charge in [-0.2, -0.15) is 10.1 Å². The zero-order valence-corrected chi connectivity index (χ0v) is 11.4. The molecule has 1 aromatic carbocycles. The van der Waals surface area contributed by atoms with Crippen molar-refractivity contribution in [3.05, 3.63) is 42.1 Å². The fourth-order valence-corrected chi connectivity index (χ4v) is 2.83. The van der Waals surface area contributed by atoms with E-state index in [9.17, 15) is 10.2 Å². The van der Waals surface area contributed by atoms with E-state index in [2.05, 4.69) is 10.1 Å². The number of nitrogens with zero attached hydrogens (tertiary/aromatic N) is 3. The van der Waals surface area contributed by atoms with Crippen molar-refractivity contribution in [1.29, 1.82) is 0 Å². The first-order chi connectivity index (χ1) is 10.2. The third-order valence-electron chi connectivity index (χ3n) is 4.12. The molecule has 1 saturated carbocycles. The van der Waals surface area contributed by atoms with E-state index in [-0.39, 0.29) is 11.6 Å². The zero-order valence-electron chi connectivity index (χ0n) is 11.4. The first kappa shape index (κ1) is 12.2. The summed E-state index contributed by atoms with van der Waals surface area (Å²) in [5, 5.41) is 25.2. The summed E-state index contributed by atoms with van der Waals surface area (Å²) in [6, 6.07) is 10.9. The molecule has 0 amide bonds. The van der Waals surface area contributed by atoms with Crippen LogP contribution >= 0.6 is 0 Å². The van der Waals surface area contributed by atoms with Gasteiger partial charge in [0.25, 0.3) is 0 Å². The summed E-state index contributed by atoms with van der Waals surface area (Å²) in [4.78, 5) is 4.17. The fourth-order valence-electron chi connectivity index (χ4n) is 2.83. The molecule has 2 N–H and O–H groups in total. The lowest BCUT2D eigenvalue weighted by atomic mass is 9.82. The van der Waals surface area contributed by atoms with Crippen LogP contribution in [-0.2, 0) is 0 Å². The summed E-state index contributed by atoms with van der Waals surface area (Å²) in [5.74, 6) is 0.216. The first-order valence-corrected chi connectivity index (χ1v) is 7.11. The number of rotatable bonds is 2. The molecular weight excluding hydrogens is 266 g/mol. The van der Waals surface area contributed by atoms with Crippen LogP contribution in [0.4, 0.5) is 0 Å². The molecule has 0 aliphatic heterocycles. The van der Waals surface area contributed by atoms with Crippen LogP contribution in [0, 0.1) is 0 Å². The molecule has 0 spiro atoms. The summed E-state index contributed by atoms with van der Waals surface area (Å²) in [7, 11) is 0. The Morgan fingerprint density at radius 3 is 2.52 bits per heavy atom. The molecule has 0 atom stereocenters. The number of hydrogen-bond acceptors (Lipinski definition) is 4. The zero-order chi connectivity index (χ0) is 14.4. The largest absolute Gasteiger partial charge is 0.507 e. The van der Waals surface area contributed by atoms with Gasteiger partial charge in [0, 0.05) is 12.0 Å². The minimum absolute atomic E-state index is 0.0431. The predicted molar refractivity (Wildman–Crippen MR) is 78.8 cm³/mol. The van der Waals surface area contributed by atoms with Crippen molar-refractivity contribution in [3.63, 3.8) is 0 Å². The predicted octanol–water partition coefficient (Wildman–Crippen LogP) is 3.10. The molecule has 5 nitrogen and oxygen atoms in total. The molecule has 0 unspecified atom stereocenters. The van der Waals surface area contributed by atoms with Crippen LogP contribution in [-0.4, -0.2) is 25.0 Å². The number of fused-ring (bicyclic) bond motifs is 1. The van der Waals surface area contributed by atoms with Crippen LogP contribution in [0.25, 0.3) is 16.7 Å². The van der Waals surface area contributed by atoms with Gasteiger partial charge in [-0.3, -0.25) is 0 Å². The molecule has 1 aliphatic rings. The standard InChI is InChI=1S/C16H15N3O2/c20-12-9-13(21)17-16-14(12)15(10-5-4-6-10)18-19(16)11-7-2-1-3-8-11/h1-3,7-10H,4-6H2,(H2,17,20,21). The Kier molecular flexibility index (Phi) is 2.60. The topological polar surface area (TPSA) is 71.2 Å².